The van der Waals surface area contributed by atoms with Crippen molar-refractivity contribution >= 4 is 5.97 Å². The summed E-state index contributed by atoms with van der Waals surface area (Å²) in [5.41, 5.74) is 1.20. The molecule has 0 amide bonds. The van der Waals surface area contributed by atoms with Gasteiger partial charge in [-0.1, -0.05) is 26.0 Å². The van der Waals surface area contributed by atoms with Crippen molar-refractivity contribution in [2.75, 3.05) is 13.2 Å². The van der Waals surface area contributed by atoms with E-state index in [0.717, 1.165) is 13.1 Å². The zero-order valence-corrected chi connectivity index (χ0v) is 12.8. The van der Waals surface area contributed by atoms with E-state index < -0.39 is 6.10 Å². The number of hydrogen-bond donors (Lipinski definition) is 1. The van der Waals surface area contributed by atoms with Crippen LogP contribution in [-0.4, -0.2) is 25.2 Å². The molecule has 1 aromatic carbocycles. The molecule has 0 aliphatic heterocycles. The van der Waals surface area contributed by atoms with Gasteiger partial charge in [0.2, 0.25) is 0 Å². The fourth-order valence-corrected chi connectivity index (χ4v) is 1.70. The zero-order valence-electron chi connectivity index (χ0n) is 12.8. The molecule has 1 atom stereocenters. The quantitative estimate of drug-likeness (QED) is 0.743. The van der Waals surface area contributed by atoms with Gasteiger partial charge in [0.05, 0.1) is 6.61 Å². The number of carbonyl (C=O) groups excluding carboxylic acids is 1. The number of carbonyl (C=O) groups is 1. The van der Waals surface area contributed by atoms with E-state index in [9.17, 15) is 4.79 Å². The van der Waals surface area contributed by atoms with E-state index >= 15 is 0 Å². The Balaban J connectivity index is 2.44. The van der Waals surface area contributed by atoms with Gasteiger partial charge in [0.1, 0.15) is 5.75 Å². The Kier molecular flexibility index (Phi) is 7.09. The van der Waals surface area contributed by atoms with Gasteiger partial charge in [0, 0.05) is 6.54 Å². The van der Waals surface area contributed by atoms with Crippen LogP contribution < -0.4 is 10.1 Å². The minimum Gasteiger partial charge on any atom is -0.479 e. The molecule has 112 valence electrons. The average Bonchev–Trinajstić information content (AvgIpc) is 2.40. The summed E-state index contributed by atoms with van der Waals surface area (Å²) in [5.74, 6) is 0.983. The van der Waals surface area contributed by atoms with Crippen LogP contribution in [-0.2, 0) is 16.1 Å². The van der Waals surface area contributed by atoms with Crippen molar-refractivity contribution < 1.29 is 14.3 Å². The molecule has 0 saturated heterocycles. The summed E-state index contributed by atoms with van der Waals surface area (Å²) < 4.78 is 10.4. The van der Waals surface area contributed by atoms with Crippen LogP contribution in [0.15, 0.2) is 24.3 Å². The third-order valence-corrected chi connectivity index (χ3v) is 2.74. The Labute approximate surface area is 121 Å². The molecule has 4 nitrogen and oxygen atoms in total. The van der Waals surface area contributed by atoms with Crippen LogP contribution in [0, 0.1) is 5.92 Å². The standard InChI is InChI=1S/C16H25NO3/c1-5-19-16(18)13(4)20-15-8-6-14(7-9-15)11-17-10-12(2)3/h6-9,12-13,17H,5,10-11H2,1-4H3. The highest BCUT2D eigenvalue weighted by Gasteiger charge is 2.15. The van der Waals surface area contributed by atoms with Gasteiger partial charge in [0.25, 0.3) is 0 Å². The molecule has 0 aromatic heterocycles. The summed E-state index contributed by atoms with van der Waals surface area (Å²) in [4.78, 5) is 11.5. The lowest BCUT2D eigenvalue weighted by Crippen LogP contribution is -2.26. The first kappa shape index (κ1) is 16.5. The molecule has 0 bridgehead atoms. The molecule has 0 spiro atoms. The minimum atomic E-state index is -0.583. The molecule has 1 N–H and O–H groups in total. The molecule has 0 aliphatic rings. The number of hydrogen-bond acceptors (Lipinski definition) is 4. The first-order chi connectivity index (χ1) is 9.52. The first-order valence-corrected chi connectivity index (χ1v) is 7.15. The maximum Gasteiger partial charge on any atom is 0.347 e. The second-order valence-corrected chi connectivity index (χ2v) is 5.18. The maximum absolute atomic E-state index is 11.5. The molecule has 0 aliphatic carbocycles. The highest BCUT2D eigenvalue weighted by atomic mass is 16.6. The Morgan fingerprint density at radius 3 is 2.40 bits per heavy atom. The predicted octanol–water partition coefficient (Wildman–Crippen LogP) is 2.76. The molecule has 0 heterocycles. The normalized spacial score (nSPS) is 12.2. The third-order valence-electron chi connectivity index (χ3n) is 2.74. The van der Waals surface area contributed by atoms with Crippen molar-refractivity contribution in [1.82, 2.24) is 5.32 Å². The Morgan fingerprint density at radius 2 is 1.85 bits per heavy atom. The summed E-state index contributed by atoms with van der Waals surface area (Å²) in [6.45, 7) is 10.0. The van der Waals surface area contributed by atoms with Crippen LogP contribution in [0.1, 0.15) is 33.3 Å². The number of ether oxygens (including phenoxy) is 2. The van der Waals surface area contributed by atoms with Gasteiger partial charge in [-0.25, -0.2) is 4.79 Å². The second-order valence-electron chi connectivity index (χ2n) is 5.18. The topological polar surface area (TPSA) is 47.6 Å². The molecule has 1 aromatic rings. The lowest BCUT2D eigenvalue weighted by Gasteiger charge is -2.14. The number of nitrogens with one attached hydrogen (secondary N) is 1. The van der Waals surface area contributed by atoms with E-state index in [1.165, 1.54) is 5.56 Å². The second kappa shape index (κ2) is 8.59. The van der Waals surface area contributed by atoms with E-state index in [1.807, 2.05) is 24.3 Å². The van der Waals surface area contributed by atoms with E-state index in [1.54, 1.807) is 13.8 Å². The summed E-state index contributed by atoms with van der Waals surface area (Å²) >= 11 is 0. The van der Waals surface area contributed by atoms with Gasteiger partial charge in [-0.3, -0.25) is 0 Å². The number of benzene rings is 1. The Morgan fingerprint density at radius 1 is 1.20 bits per heavy atom. The molecular weight excluding hydrogens is 254 g/mol. The number of rotatable bonds is 8. The fourth-order valence-electron chi connectivity index (χ4n) is 1.70. The van der Waals surface area contributed by atoms with Crippen LogP contribution in [0.4, 0.5) is 0 Å². The van der Waals surface area contributed by atoms with Gasteiger partial charge < -0.3 is 14.8 Å². The van der Waals surface area contributed by atoms with Crippen LogP contribution >= 0.6 is 0 Å². The lowest BCUT2D eigenvalue weighted by atomic mass is 10.2. The summed E-state index contributed by atoms with van der Waals surface area (Å²) in [6.07, 6.45) is -0.583. The summed E-state index contributed by atoms with van der Waals surface area (Å²) in [5, 5.41) is 3.38. The number of esters is 1. The molecular formula is C16H25NO3. The molecule has 0 saturated carbocycles. The van der Waals surface area contributed by atoms with E-state index in [4.69, 9.17) is 9.47 Å². The van der Waals surface area contributed by atoms with E-state index in [0.29, 0.717) is 18.3 Å². The molecule has 1 unspecified atom stereocenters. The van der Waals surface area contributed by atoms with Crippen molar-refractivity contribution in [3.63, 3.8) is 0 Å². The molecule has 4 heteroatoms. The minimum absolute atomic E-state index is 0.338. The molecule has 1 rings (SSSR count). The highest BCUT2D eigenvalue weighted by Crippen LogP contribution is 2.14. The fraction of sp³-hybridized carbons (Fsp3) is 0.562. The van der Waals surface area contributed by atoms with E-state index in [-0.39, 0.29) is 5.97 Å². The van der Waals surface area contributed by atoms with Crippen molar-refractivity contribution in [2.45, 2.75) is 40.3 Å². The third kappa shape index (κ3) is 6.06. The van der Waals surface area contributed by atoms with Crippen molar-refractivity contribution in [1.29, 1.82) is 0 Å². The summed E-state index contributed by atoms with van der Waals surface area (Å²) in [7, 11) is 0. The van der Waals surface area contributed by atoms with Crippen molar-refractivity contribution in [3.8, 4) is 5.75 Å². The van der Waals surface area contributed by atoms with E-state index in [2.05, 4.69) is 19.2 Å². The van der Waals surface area contributed by atoms with Gasteiger partial charge in [0.15, 0.2) is 6.10 Å². The average molecular weight is 279 g/mol. The van der Waals surface area contributed by atoms with Gasteiger partial charge >= 0.3 is 5.97 Å². The van der Waals surface area contributed by atoms with Gasteiger partial charge in [-0.15, -0.1) is 0 Å². The molecule has 0 radical (unpaired) electrons. The molecule has 20 heavy (non-hydrogen) atoms. The first-order valence-electron chi connectivity index (χ1n) is 7.15. The molecule has 0 fully saturated rings. The van der Waals surface area contributed by atoms with Crippen molar-refractivity contribution in [3.05, 3.63) is 29.8 Å². The zero-order chi connectivity index (χ0) is 15.0. The largest absolute Gasteiger partial charge is 0.479 e. The van der Waals surface area contributed by atoms with Crippen LogP contribution in [0.3, 0.4) is 0 Å². The van der Waals surface area contributed by atoms with Crippen LogP contribution in [0.25, 0.3) is 0 Å². The van der Waals surface area contributed by atoms with Crippen LogP contribution in [0.5, 0.6) is 5.75 Å². The smallest absolute Gasteiger partial charge is 0.347 e. The van der Waals surface area contributed by atoms with Gasteiger partial charge in [-0.2, -0.15) is 0 Å². The monoisotopic (exact) mass is 279 g/mol. The van der Waals surface area contributed by atoms with Crippen molar-refractivity contribution in [2.24, 2.45) is 5.92 Å². The van der Waals surface area contributed by atoms with Gasteiger partial charge in [-0.05, 0) is 44.0 Å². The maximum atomic E-state index is 11.5. The lowest BCUT2D eigenvalue weighted by molar-refractivity contribution is -0.150. The predicted molar refractivity (Wildman–Crippen MR) is 79.7 cm³/mol. The Hall–Kier alpha value is -1.55. The summed E-state index contributed by atoms with van der Waals surface area (Å²) in [6, 6.07) is 7.76. The Bertz CT molecular complexity index is 401. The SMILES string of the molecule is CCOC(=O)C(C)Oc1ccc(CNCC(C)C)cc1. The van der Waals surface area contributed by atoms with Crippen LogP contribution in [0.2, 0.25) is 0 Å². The highest BCUT2D eigenvalue weighted by molar-refractivity contribution is 5.74.